The summed E-state index contributed by atoms with van der Waals surface area (Å²) in [7, 11) is -1.96. The quantitative estimate of drug-likeness (QED) is 0.420. The van der Waals surface area contributed by atoms with E-state index in [1.807, 2.05) is 24.3 Å². The van der Waals surface area contributed by atoms with Crippen molar-refractivity contribution in [1.82, 2.24) is 5.01 Å². The second kappa shape index (κ2) is 10.3. The summed E-state index contributed by atoms with van der Waals surface area (Å²) in [4.78, 5) is 16.3. The fraction of sp³-hybridized carbons (Fsp3) is 0.217. The van der Waals surface area contributed by atoms with Crippen LogP contribution in [0.3, 0.4) is 0 Å². The van der Waals surface area contributed by atoms with E-state index in [1.165, 1.54) is 6.08 Å². The first kappa shape index (κ1) is 24.5. The number of ether oxygens (including phenoxy) is 3. The smallest absolute Gasteiger partial charge is 0.283 e. The Morgan fingerprint density at radius 2 is 1.57 bits per heavy atom. The number of methoxy groups -OCH3 is 1. The predicted octanol–water partition coefficient (Wildman–Crippen LogP) is 3.16. The maximum Gasteiger partial charge on any atom is 0.283 e. The molecule has 1 amide bonds. The normalized spacial score (nSPS) is 16.6. The molecule has 10 nitrogen and oxygen atoms in total. The van der Waals surface area contributed by atoms with Crippen LogP contribution in [0.2, 0.25) is 0 Å². The highest BCUT2D eigenvalue weighted by atomic mass is 32.3. The maximum absolute atomic E-state index is 12.4. The SMILES string of the molecule is COc1ccc(OCCCOc2ccc(/C=C3/C(=N)N4N=C(S(C)(=O)=O)SC4=NC3=O)cc2)cc1. The topological polar surface area (TPSA) is 131 Å². The number of rotatable bonds is 8. The molecule has 0 saturated carbocycles. The zero-order valence-electron chi connectivity index (χ0n) is 18.9. The van der Waals surface area contributed by atoms with Crippen molar-refractivity contribution in [3.63, 3.8) is 0 Å². The van der Waals surface area contributed by atoms with Crippen molar-refractivity contribution in [2.75, 3.05) is 26.6 Å². The van der Waals surface area contributed by atoms with Crippen LogP contribution >= 0.6 is 11.8 Å². The Balaban J connectivity index is 1.31. The third-order valence-electron chi connectivity index (χ3n) is 4.83. The fourth-order valence-electron chi connectivity index (χ4n) is 3.06. The summed E-state index contributed by atoms with van der Waals surface area (Å²) >= 11 is 0.749. The minimum absolute atomic E-state index is 0.0113. The molecule has 2 aromatic carbocycles. The number of sulfone groups is 1. The fourth-order valence-corrected chi connectivity index (χ4v) is 4.75. The number of nitrogens with zero attached hydrogens (tertiary/aromatic N) is 3. The van der Waals surface area contributed by atoms with E-state index >= 15 is 0 Å². The van der Waals surface area contributed by atoms with Gasteiger partial charge in [0.1, 0.15) is 17.2 Å². The number of carbonyl (C=O) groups is 1. The van der Waals surface area contributed by atoms with E-state index in [1.54, 1.807) is 31.4 Å². The third kappa shape index (κ3) is 5.89. The van der Waals surface area contributed by atoms with Crippen molar-refractivity contribution in [2.45, 2.75) is 6.42 Å². The van der Waals surface area contributed by atoms with Gasteiger partial charge >= 0.3 is 0 Å². The van der Waals surface area contributed by atoms with Crippen molar-refractivity contribution >= 4 is 49.0 Å². The second-order valence-electron chi connectivity index (χ2n) is 7.45. The van der Waals surface area contributed by atoms with Gasteiger partial charge < -0.3 is 14.2 Å². The van der Waals surface area contributed by atoms with Crippen LogP contribution in [0.1, 0.15) is 12.0 Å². The van der Waals surface area contributed by atoms with Crippen molar-refractivity contribution in [1.29, 1.82) is 5.41 Å². The highest BCUT2D eigenvalue weighted by Gasteiger charge is 2.38. The molecule has 0 radical (unpaired) electrons. The molecule has 0 spiro atoms. The monoisotopic (exact) mass is 514 g/mol. The Labute approximate surface area is 206 Å². The van der Waals surface area contributed by atoms with E-state index < -0.39 is 15.7 Å². The molecular weight excluding hydrogens is 492 g/mol. The number of hydrogen-bond acceptors (Lipinski definition) is 9. The molecule has 2 aliphatic heterocycles. The largest absolute Gasteiger partial charge is 0.497 e. The Morgan fingerprint density at radius 3 is 2.14 bits per heavy atom. The first-order valence-corrected chi connectivity index (χ1v) is 13.2. The molecule has 0 aromatic heterocycles. The zero-order valence-corrected chi connectivity index (χ0v) is 20.6. The van der Waals surface area contributed by atoms with Gasteiger partial charge in [0.25, 0.3) is 5.91 Å². The number of aliphatic imine (C=N–C) groups is 1. The minimum atomic E-state index is -3.57. The van der Waals surface area contributed by atoms with Crippen LogP contribution in [0.15, 0.2) is 64.2 Å². The molecule has 4 rings (SSSR count). The van der Waals surface area contributed by atoms with Crippen molar-refractivity contribution < 1.29 is 27.4 Å². The number of amidine groups is 2. The summed E-state index contributed by atoms with van der Waals surface area (Å²) in [6.07, 6.45) is 3.21. The first-order valence-electron chi connectivity index (χ1n) is 10.4. The minimum Gasteiger partial charge on any atom is -0.497 e. The number of carbonyl (C=O) groups excluding carboxylic acids is 1. The lowest BCUT2D eigenvalue weighted by Crippen LogP contribution is -2.35. The summed E-state index contributed by atoms with van der Waals surface area (Å²) in [6.45, 7) is 0.964. The van der Waals surface area contributed by atoms with Crippen molar-refractivity contribution in [3.8, 4) is 17.2 Å². The Kier molecular flexibility index (Phi) is 7.22. The van der Waals surface area contributed by atoms with Crippen LogP contribution in [0.4, 0.5) is 0 Å². The van der Waals surface area contributed by atoms with Crippen molar-refractivity contribution in [3.05, 3.63) is 59.7 Å². The van der Waals surface area contributed by atoms with E-state index in [2.05, 4.69) is 10.1 Å². The van der Waals surface area contributed by atoms with Gasteiger partial charge in [0, 0.05) is 12.7 Å². The summed E-state index contributed by atoms with van der Waals surface area (Å²) in [5.41, 5.74) is 0.670. The average Bonchev–Trinajstić information content (AvgIpc) is 3.28. The molecule has 0 aliphatic carbocycles. The molecule has 0 unspecified atom stereocenters. The lowest BCUT2D eigenvalue weighted by molar-refractivity contribution is -0.114. The van der Waals surface area contributed by atoms with Gasteiger partial charge in [-0.1, -0.05) is 12.1 Å². The number of hydrogen-bond donors (Lipinski definition) is 1. The van der Waals surface area contributed by atoms with Gasteiger partial charge in [-0.25, -0.2) is 8.42 Å². The average molecular weight is 515 g/mol. The molecule has 2 aliphatic rings. The summed E-state index contributed by atoms with van der Waals surface area (Å²) < 4.78 is 39.8. The summed E-state index contributed by atoms with van der Waals surface area (Å²) in [5, 5.41) is 13.3. The van der Waals surface area contributed by atoms with Gasteiger partial charge in [-0.2, -0.15) is 10.0 Å². The summed E-state index contributed by atoms with van der Waals surface area (Å²) in [6, 6.07) is 14.4. The predicted molar refractivity (Wildman–Crippen MR) is 135 cm³/mol. The van der Waals surface area contributed by atoms with Crippen LogP contribution in [0, 0.1) is 5.41 Å². The zero-order chi connectivity index (χ0) is 25.0. The van der Waals surface area contributed by atoms with E-state index in [4.69, 9.17) is 19.6 Å². The van der Waals surface area contributed by atoms with E-state index in [-0.39, 0.29) is 21.0 Å². The van der Waals surface area contributed by atoms with Crippen LogP contribution in [-0.4, -0.2) is 61.3 Å². The number of thioether (sulfide) groups is 1. The molecule has 0 bridgehead atoms. The molecule has 182 valence electrons. The van der Waals surface area contributed by atoms with E-state index in [9.17, 15) is 13.2 Å². The molecule has 0 atom stereocenters. The maximum atomic E-state index is 12.4. The highest BCUT2D eigenvalue weighted by molar-refractivity contribution is 8.42. The third-order valence-corrected chi connectivity index (χ3v) is 7.41. The highest BCUT2D eigenvalue weighted by Crippen LogP contribution is 2.30. The van der Waals surface area contributed by atoms with Gasteiger partial charge in [-0.15, -0.1) is 5.10 Å². The summed E-state index contributed by atoms with van der Waals surface area (Å²) in [5.74, 6) is 1.32. The van der Waals surface area contributed by atoms with Crippen molar-refractivity contribution in [2.24, 2.45) is 10.1 Å². The Morgan fingerprint density at radius 1 is 1.00 bits per heavy atom. The number of nitrogens with one attached hydrogen (secondary N) is 1. The lowest BCUT2D eigenvalue weighted by atomic mass is 10.1. The Bertz CT molecular complexity index is 1330. The molecule has 0 fully saturated rings. The molecule has 0 saturated heterocycles. The van der Waals surface area contributed by atoms with Gasteiger partial charge in [-0.05, 0) is 59.8 Å². The number of amides is 1. The molecule has 35 heavy (non-hydrogen) atoms. The molecular formula is C23H22N4O6S2. The molecule has 2 aromatic rings. The van der Waals surface area contributed by atoms with Crippen LogP contribution in [0.25, 0.3) is 6.08 Å². The first-order chi connectivity index (χ1) is 16.7. The van der Waals surface area contributed by atoms with Gasteiger partial charge in [0.15, 0.2) is 5.84 Å². The van der Waals surface area contributed by atoms with E-state index in [0.717, 1.165) is 34.5 Å². The molecule has 12 heteroatoms. The Hall–Kier alpha value is -3.64. The number of benzene rings is 2. The van der Waals surface area contributed by atoms with Crippen LogP contribution in [-0.2, 0) is 14.6 Å². The molecule has 1 N–H and O–H groups in total. The van der Waals surface area contributed by atoms with Crippen LogP contribution < -0.4 is 14.2 Å². The van der Waals surface area contributed by atoms with E-state index in [0.29, 0.717) is 30.9 Å². The number of hydrazone groups is 1. The standard InChI is InChI=1S/C23H22N4O6S2/c1-31-16-8-10-18(11-9-16)33-13-3-12-32-17-6-4-15(5-7-17)14-19-20(24)27-22(25-21(19)28)34-23(26-27)35(2,29)30/h4-11,14,24H,3,12-13H2,1-2H3/b19-14-,24-20?. The molecule has 2 heterocycles. The second-order valence-corrected chi connectivity index (χ2v) is 10.6. The van der Waals surface area contributed by atoms with Gasteiger partial charge in [-0.3, -0.25) is 10.2 Å². The van der Waals surface area contributed by atoms with Crippen LogP contribution in [0.5, 0.6) is 17.2 Å². The van der Waals surface area contributed by atoms with Gasteiger partial charge in [0.05, 0.1) is 25.9 Å². The lowest BCUT2D eigenvalue weighted by Gasteiger charge is -2.20. The van der Waals surface area contributed by atoms with Gasteiger partial charge in [0.2, 0.25) is 19.4 Å². The number of fused-ring (bicyclic) bond motifs is 1.